The van der Waals surface area contributed by atoms with E-state index in [0.29, 0.717) is 10.8 Å². The van der Waals surface area contributed by atoms with Crippen LogP contribution in [-0.4, -0.2) is 38.2 Å². The summed E-state index contributed by atoms with van der Waals surface area (Å²) >= 11 is 1.35. The van der Waals surface area contributed by atoms with Gasteiger partial charge in [0.15, 0.2) is 5.13 Å². The summed E-state index contributed by atoms with van der Waals surface area (Å²) in [5, 5.41) is 8.57. The van der Waals surface area contributed by atoms with Crippen molar-refractivity contribution >= 4 is 38.5 Å². The number of aromatic nitrogens is 4. The van der Waals surface area contributed by atoms with Gasteiger partial charge in [0.05, 0.1) is 23.0 Å². The number of hydrazine groups is 1. The minimum Gasteiger partial charge on any atom is -0.375 e. The summed E-state index contributed by atoms with van der Waals surface area (Å²) in [7, 11) is 0. The van der Waals surface area contributed by atoms with Crippen molar-refractivity contribution in [3.05, 3.63) is 59.5 Å². The minimum atomic E-state index is -3.29. The molecule has 0 atom stereocenters. The second-order valence-electron chi connectivity index (χ2n) is 6.59. The summed E-state index contributed by atoms with van der Waals surface area (Å²) in [5.74, 6) is -3.32. The fourth-order valence-corrected chi connectivity index (χ4v) is 3.62. The maximum absolute atomic E-state index is 14.5. The van der Waals surface area contributed by atoms with Gasteiger partial charge in [0.2, 0.25) is 0 Å². The van der Waals surface area contributed by atoms with E-state index in [-0.39, 0.29) is 17.7 Å². The topological polar surface area (TPSA) is 128 Å². The van der Waals surface area contributed by atoms with Gasteiger partial charge in [-0.2, -0.15) is 8.78 Å². The lowest BCUT2D eigenvalue weighted by Crippen LogP contribution is -2.44. The van der Waals surface area contributed by atoms with Crippen LogP contribution < -0.4 is 16.6 Å². The quantitative estimate of drug-likeness (QED) is 0.392. The van der Waals surface area contributed by atoms with Crippen LogP contribution in [0.25, 0.3) is 21.5 Å². The highest BCUT2D eigenvalue weighted by atomic mass is 32.1. The molecule has 9 nitrogen and oxygen atoms in total. The van der Waals surface area contributed by atoms with Crippen molar-refractivity contribution in [1.29, 1.82) is 0 Å². The summed E-state index contributed by atoms with van der Waals surface area (Å²) in [6, 6.07) is 9.12. The predicted molar refractivity (Wildman–Crippen MR) is 110 cm³/mol. The number of rotatable bonds is 5. The Hall–Kier alpha value is -4.00. The van der Waals surface area contributed by atoms with Gasteiger partial charge < -0.3 is 5.73 Å². The van der Waals surface area contributed by atoms with Gasteiger partial charge in [-0.1, -0.05) is 28.7 Å². The van der Waals surface area contributed by atoms with Gasteiger partial charge in [-0.3, -0.25) is 20.4 Å². The summed E-state index contributed by atoms with van der Waals surface area (Å²) in [5.41, 5.74) is 11.3. The van der Waals surface area contributed by atoms with Crippen LogP contribution in [-0.2, 0) is 11.3 Å². The highest BCUT2D eigenvalue weighted by Crippen LogP contribution is 2.28. The Morgan fingerprint density at radius 1 is 1.16 bits per heavy atom. The number of thiazole rings is 1. The predicted octanol–water partition coefficient (Wildman–Crippen LogP) is 2.35. The van der Waals surface area contributed by atoms with Crippen LogP contribution in [0.4, 0.5) is 18.3 Å². The number of fused-ring (bicyclic) bond motifs is 1. The summed E-state index contributed by atoms with van der Waals surface area (Å²) < 4.78 is 41.1. The molecule has 0 unspecified atom stereocenters. The first kappa shape index (κ1) is 21.2. The lowest BCUT2D eigenvalue weighted by Gasteiger charge is -2.08. The first-order valence-electron chi connectivity index (χ1n) is 9.03. The van der Waals surface area contributed by atoms with Crippen molar-refractivity contribution in [3.63, 3.8) is 0 Å². The number of nitrogens with two attached hydrogens (primary N) is 1. The number of alkyl halides is 2. The number of anilines is 1. The molecule has 4 N–H and O–H groups in total. The van der Waals surface area contributed by atoms with Crippen molar-refractivity contribution in [2.75, 3.05) is 5.73 Å². The van der Waals surface area contributed by atoms with Crippen molar-refractivity contribution < 1.29 is 22.8 Å². The molecular weight excluding hydrogens is 447 g/mol. The molecule has 2 amide bonds. The number of halogens is 3. The Labute approximate surface area is 182 Å². The number of hydrogen-bond acceptors (Lipinski definition) is 7. The van der Waals surface area contributed by atoms with Crippen LogP contribution in [0.15, 0.2) is 42.6 Å². The van der Waals surface area contributed by atoms with Crippen molar-refractivity contribution in [2.45, 2.75) is 13.0 Å². The molecule has 4 rings (SSSR count). The van der Waals surface area contributed by atoms with Crippen molar-refractivity contribution in [3.8, 4) is 11.3 Å². The molecule has 0 aliphatic carbocycles. The SMILES string of the molecule is Nc1nc2ccc(-c3cn(Cc4ccc(C(=O)NNC(=O)C(F)F)cc4F)nn3)cc2s1. The number of nitrogens with one attached hydrogen (secondary N) is 2. The van der Waals surface area contributed by atoms with Crippen LogP contribution in [0.3, 0.4) is 0 Å². The van der Waals surface area contributed by atoms with E-state index in [0.717, 1.165) is 21.8 Å². The minimum absolute atomic E-state index is 0.0403. The average Bonchev–Trinajstić information content (AvgIpc) is 3.37. The molecule has 0 spiro atoms. The van der Waals surface area contributed by atoms with Crippen LogP contribution in [0, 0.1) is 5.82 Å². The lowest BCUT2D eigenvalue weighted by molar-refractivity contribution is -0.132. The molecule has 0 fully saturated rings. The first-order chi connectivity index (χ1) is 15.3. The van der Waals surface area contributed by atoms with Gasteiger partial charge in [0, 0.05) is 16.7 Å². The van der Waals surface area contributed by atoms with E-state index in [2.05, 4.69) is 15.3 Å². The largest absolute Gasteiger partial charge is 0.375 e. The van der Waals surface area contributed by atoms with Crippen LogP contribution in [0.1, 0.15) is 15.9 Å². The van der Waals surface area contributed by atoms with Gasteiger partial charge in [0.25, 0.3) is 5.91 Å². The molecule has 0 saturated carbocycles. The number of amides is 2. The van der Waals surface area contributed by atoms with Crippen LogP contribution in [0.2, 0.25) is 0 Å². The molecule has 0 bridgehead atoms. The fraction of sp³-hybridized carbons (Fsp3) is 0.105. The standard InChI is InChI=1S/C19H14F3N7O2S/c20-12-5-10(17(30)26-27-18(31)16(21)22)1-2-11(12)7-29-8-14(25-28-29)9-3-4-13-15(6-9)32-19(23)24-13/h1-6,8,16H,7H2,(H2,23,24)(H,26,30)(H,27,31). The number of carbonyl (C=O) groups excluding carboxylic acids is 2. The van der Waals surface area contributed by atoms with Gasteiger partial charge >= 0.3 is 12.3 Å². The molecule has 2 aromatic carbocycles. The van der Waals surface area contributed by atoms with Crippen molar-refractivity contribution in [1.82, 2.24) is 30.8 Å². The maximum atomic E-state index is 14.5. The van der Waals surface area contributed by atoms with E-state index >= 15 is 0 Å². The molecule has 164 valence electrons. The second kappa shape index (κ2) is 8.63. The molecule has 32 heavy (non-hydrogen) atoms. The van der Waals surface area contributed by atoms with E-state index in [4.69, 9.17) is 5.73 Å². The van der Waals surface area contributed by atoms with Crippen LogP contribution >= 0.6 is 11.3 Å². The van der Waals surface area contributed by atoms with E-state index < -0.39 is 24.1 Å². The second-order valence-corrected chi connectivity index (χ2v) is 7.65. The monoisotopic (exact) mass is 461 g/mol. The third kappa shape index (κ3) is 4.51. The van der Waals surface area contributed by atoms with Gasteiger partial charge in [-0.15, -0.1) is 5.10 Å². The Morgan fingerprint density at radius 3 is 2.72 bits per heavy atom. The van der Waals surface area contributed by atoms with Crippen LogP contribution in [0.5, 0.6) is 0 Å². The molecule has 0 saturated heterocycles. The maximum Gasteiger partial charge on any atom is 0.317 e. The van der Waals surface area contributed by atoms with E-state index in [1.165, 1.54) is 28.2 Å². The molecule has 2 aromatic heterocycles. The number of benzene rings is 2. The van der Waals surface area contributed by atoms with Crippen molar-refractivity contribution in [2.24, 2.45) is 0 Å². The van der Waals surface area contributed by atoms with Gasteiger partial charge in [-0.05, 0) is 24.3 Å². The number of nitrogens with zero attached hydrogens (tertiary/aromatic N) is 4. The lowest BCUT2D eigenvalue weighted by atomic mass is 10.1. The Morgan fingerprint density at radius 2 is 1.97 bits per heavy atom. The summed E-state index contributed by atoms with van der Waals surface area (Å²) in [4.78, 5) is 26.9. The van der Waals surface area contributed by atoms with E-state index in [1.54, 1.807) is 17.0 Å². The highest BCUT2D eigenvalue weighted by molar-refractivity contribution is 7.22. The summed E-state index contributed by atoms with van der Waals surface area (Å²) in [6.45, 7) is 0.0403. The molecule has 13 heteroatoms. The zero-order chi connectivity index (χ0) is 22.8. The van der Waals surface area contributed by atoms with Gasteiger partial charge in [0.1, 0.15) is 11.5 Å². The van der Waals surface area contributed by atoms with E-state index in [9.17, 15) is 22.8 Å². The average molecular weight is 461 g/mol. The molecule has 0 aliphatic heterocycles. The molecule has 0 aliphatic rings. The number of carbonyl (C=O) groups is 2. The molecule has 0 radical (unpaired) electrons. The molecular formula is C19H14F3N7O2S. The number of nitrogen functional groups attached to an aromatic ring is 1. The fourth-order valence-electron chi connectivity index (χ4n) is 2.85. The van der Waals surface area contributed by atoms with Gasteiger partial charge in [-0.25, -0.2) is 14.1 Å². The smallest absolute Gasteiger partial charge is 0.317 e. The Balaban J connectivity index is 1.45. The highest BCUT2D eigenvalue weighted by Gasteiger charge is 2.17. The Bertz CT molecular complexity index is 1320. The normalized spacial score (nSPS) is 11.1. The van der Waals surface area contributed by atoms with E-state index in [1.807, 2.05) is 18.2 Å². The zero-order valence-electron chi connectivity index (χ0n) is 16.1. The first-order valence-corrected chi connectivity index (χ1v) is 9.85. The molecule has 2 heterocycles. The summed E-state index contributed by atoms with van der Waals surface area (Å²) in [6.07, 6.45) is -1.64. The third-order valence-corrected chi connectivity index (χ3v) is 5.23. The number of hydrogen-bond donors (Lipinski definition) is 3. The Kier molecular flexibility index (Phi) is 5.73. The third-order valence-electron chi connectivity index (χ3n) is 4.38. The molecule has 4 aromatic rings. The zero-order valence-corrected chi connectivity index (χ0v) is 16.9.